The summed E-state index contributed by atoms with van der Waals surface area (Å²) < 4.78 is 1.05. The van der Waals surface area contributed by atoms with Crippen LogP contribution in [0.15, 0.2) is 46.3 Å². The molecular formula is C22H26BrN3OS. The minimum atomic E-state index is -0.0399. The van der Waals surface area contributed by atoms with E-state index >= 15 is 0 Å². The number of aromatic nitrogens is 1. The van der Waals surface area contributed by atoms with E-state index < -0.39 is 0 Å². The normalized spacial score (nSPS) is 12.5. The van der Waals surface area contributed by atoms with Gasteiger partial charge in [-0.3, -0.25) is 4.79 Å². The molecule has 3 aromatic rings. The van der Waals surface area contributed by atoms with Crippen molar-refractivity contribution in [1.82, 2.24) is 15.2 Å². The van der Waals surface area contributed by atoms with Gasteiger partial charge in [0.05, 0.1) is 25.4 Å². The Balaban J connectivity index is 1.83. The second kappa shape index (κ2) is 9.63. The van der Waals surface area contributed by atoms with Gasteiger partial charge in [-0.1, -0.05) is 39.0 Å². The molecule has 2 heterocycles. The lowest BCUT2D eigenvalue weighted by Gasteiger charge is -2.23. The average molecular weight is 460 g/mol. The van der Waals surface area contributed by atoms with E-state index in [0.29, 0.717) is 18.0 Å². The van der Waals surface area contributed by atoms with Crippen molar-refractivity contribution in [2.75, 3.05) is 26.2 Å². The topological polar surface area (TPSA) is 45.2 Å². The molecule has 0 saturated heterocycles. The summed E-state index contributed by atoms with van der Waals surface area (Å²) in [6, 6.07) is 13.8. The molecule has 0 fully saturated rings. The van der Waals surface area contributed by atoms with Crippen molar-refractivity contribution in [3.63, 3.8) is 0 Å². The minimum absolute atomic E-state index is 0.0399. The second-order valence-electron chi connectivity index (χ2n) is 6.98. The highest BCUT2D eigenvalue weighted by Gasteiger charge is 2.16. The highest BCUT2D eigenvalue weighted by molar-refractivity contribution is 9.11. The van der Waals surface area contributed by atoms with Gasteiger partial charge in [0.25, 0.3) is 5.91 Å². The van der Waals surface area contributed by atoms with Crippen molar-refractivity contribution in [2.24, 2.45) is 5.92 Å². The third-order valence-corrected chi connectivity index (χ3v) is 6.51. The molecule has 3 rings (SSSR count). The van der Waals surface area contributed by atoms with Crippen molar-refractivity contribution >= 4 is 44.1 Å². The molecular weight excluding hydrogens is 434 g/mol. The summed E-state index contributed by atoms with van der Waals surface area (Å²) in [7, 11) is 0. The van der Waals surface area contributed by atoms with Gasteiger partial charge < -0.3 is 10.2 Å². The molecule has 148 valence electrons. The molecule has 6 heteroatoms. The summed E-state index contributed by atoms with van der Waals surface area (Å²) in [5, 5.41) is 4.01. The van der Waals surface area contributed by atoms with Gasteiger partial charge in [-0.2, -0.15) is 0 Å². The fourth-order valence-corrected chi connectivity index (χ4v) is 4.64. The number of rotatable bonds is 8. The van der Waals surface area contributed by atoms with Crippen molar-refractivity contribution in [2.45, 2.75) is 20.8 Å². The van der Waals surface area contributed by atoms with Crippen LogP contribution < -0.4 is 5.32 Å². The Morgan fingerprint density at radius 1 is 1.21 bits per heavy atom. The van der Waals surface area contributed by atoms with Crippen LogP contribution in [0.1, 0.15) is 31.1 Å². The number of nitrogens with zero attached hydrogens (tertiary/aromatic N) is 2. The molecule has 4 nitrogen and oxygen atoms in total. The molecule has 0 aliphatic rings. The number of thiophene rings is 1. The first-order valence-corrected chi connectivity index (χ1v) is 11.3. The summed E-state index contributed by atoms with van der Waals surface area (Å²) in [6.07, 6.45) is 0. The molecule has 0 aliphatic carbocycles. The Kier molecular flexibility index (Phi) is 7.21. The zero-order chi connectivity index (χ0) is 20.1. The van der Waals surface area contributed by atoms with Crippen LogP contribution in [-0.2, 0) is 0 Å². The van der Waals surface area contributed by atoms with Crippen LogP contribution in [-0.4, -0.2) is 42.0 Å². The number of para-hydroxylation sites is 1. The smallest absolute Gasteiger partial charge is 0.252 e. The van der Waals surface area contributed by atoms with E-state index in [-0.39, 0.29) is 5.91 Å². The largest absolute Gasteiger partial charge is 0.352 e. The second-order valence-corrected chi connectivity index (χ2v) is 9.44. The van der Waals surface area contributed by atoms with Crippen molar-refractivity contribution < 1.29 is 4.79 Å². The Bertz CT molecular complexity index is 952. The fraction of sp³-hybridized carbons (Fsp3) is 0.364. The van der Waals surface area contributed by atoms with E-state index in [0.717, 1.165) is 44.9 Å². The highest BCUT2D eigenvalue weighted by atomic mass is 79.9. The number of amides is 1. The summed E-state index contributed by atoms with van der Waals surface area (Å²) in [5.41, 5.74) is 2.35. The number of carbonyl (C=O) groups is 1. The van der Waals surface area contributed by atoms with Gasteiger partial charge in [-0.15, -0.1) is 11.3 Å². The third-order valence-electron chi connectivity index (χ3n) is 4.86. The molecule has 2 aromatic heterocycles. The van der Waals surface area contributed by atoms with Crippen LogP contribution in [0.25, 0.3) is 21.5 Å². The van der Waals surface area contributed by atoms with Crippen molar-refractivity contribution in [3.8, 4) is 10.6 Å². The van der Waals surface area contributed by atoms with Crippen LogP contribution in [0.3, 0.4) is 0 Å². The molecule has 1 N–H and O–H groups in total. The number of halogens is 1. The van der Waals surface area contributed by atoms with Gasteiger partial charge in [0, 0.05) is 18.5 Å². The molecule has 1 unspecified atom stereocenters. The zero-order valence-electron chi connectivity index (χ0n) is 16.5. The Hall–Kier alpha value is -1.76. The zero-order valence-corrected chi connectivity index (χ0v) is 18.9. The van der Waals surface area contributed by atoms with E-state index in [9.17, 15) is 4.79 Å². The maximum atomic E-state index is 13.0. The van der Waals surface area contributed by atoms with Gasteiger partial charge in [0.15, 0.2) is 0 Å². The molecule has 0 saturated carbocycles. The van der Waals surface area contributed by atoms with E-state index in [1.165, 1.54) is 0 Å². The fourth-order valence-electron chi connectivity index (χ4n) is 3.29. The molecule has 1 aromatic carbocycles. The SMILES string of the molecule is CCN(CC)CC(C)CNC(=O)c1cc(-c2ccc(Br)s2)nc2ccccc12. The van der Waals surface area contributed by atoms with Crippen LogP contribution in [0, 0.1) is 5.92 Å². The molecule has 0 aliphatic heterocycles. The average Bonchev–Trinajstić information content (AvgIpc) is 3.15. The van der Waals surface area contributed by atoms with Gasteiger partial charge in [0.2, 0.25) is 0 Å². The van der Waals surface area contributed by atoms with Gasteiger partial charge >= 0.3 is 0 Å². The van der Waals surface area contributed by atoms with Crippen molar-refractivity contribution in [1.29, 1.82) is 0 Å². The molecule has 1 atom stereocenters. The summed E-state index contributed by atoms with van der Waals surface area (Å²) in [5.74, 6) is 0.353. The van der Waals surface area contributed by atoms with Gasteiger partial charge in [-0.25, -0.2) is 4.98 Å². The summed E-state index contributed by atoms with van der Waals surface area (Å²) in [4.78, 5) is 21.2. The lowest BCUT2D eigenvalue weighted by atomic mass is 10.1. The van der Waals surface area contributed by atoms with Gasteiger partial charge in [0.1, 0.15) is 0 Å². The van der Waals surface area contributed by atoms with E-state index in [2.05, 4.69) is 46.9 Å². The maximum Gasteiger partial charge on any atom is 0.252 e. The Morgan fingerprint density at radius 2 is 1.96 bits per heavy atom. The highest BCUT2D eigenvalue weighted by Crippen LogP contribution is 2.32. The standard InChI is InChI=1S/C22H26BrN3OS/c1-4-26(5-2)14-15(3)13-24-22(27)17-12-19(20-10-11-21(23)28-20)25-18-9-7-6-8-16(17)18/h6-12,15H,4-5,13-14H2,1-3H3,(H,24,27). The van der Waals surface area contributed by atoms with Gasteiger partial charge in [-0.05, 0) is 59.2 Å². The van der Waals surface area contributed by atoms with E-state index in [1.807, 2.05) is 42.5 Å². The predicted octanol–water partition coefficient (Wildman–Crippen LogP) is 5.43. The van der Waals surface area contributed by atoms with Crippen LogP contribution in [0.2, 0.25) is 0 Å². The molecule has 0 bridgehead atoms. The minimum Gasteiger partial charge on any atom is -0.352 e. The number of hydrogen-bond donors (Lipinski definition) is 1. The van der Waals surface area contributed by atoms with Crippen LogP contribution >= 0.6 is 27.3 Å². The third kappa shape index (κ3) is 4.99. The van der Waals surface area contributed by atoms with E-state index in [4.69, 9.17) is 4.98 Å². The molecule has 0 spiro atoms. The first-order chi connectivity index (χ1) is 13.5. The maximum absolute atomic E-state index is 13.0. The number of benzene rings is 1. The molecule has 1 amide bonds. The Labute approximate surface area is 179 Å². The summed E-state index contributed by atoms with van der Waals surface area (Å²) >= 11 is 5.12. The molecule has 28 heavy (non-hydrogen) atoms. The Morgan fingerprint density at radius 3 is 2.64 bits per heavy atom. The first kappa shape index (κ1) is 21.0. The predicted molar refractivity (Wildman–Crippen MR) is 122 cm³/mol. The lowest BCUT2D eigenvalue weighted by molar-refractivity contribution is 0.0946. The monoisotopic (exact) mass is 459 g/mol. The quantitative estimate of drug-likeness (QED) is 0.487. The number of carbonyl (C=O) groups excluding carboxylic acids is 1. The summed E-state index contributed by atoms with van der Waals surface area (Å²) in [6.45, 7) is 10.2. The van der Waals surface area contributed by atoms with Crippen LogP contribution in [0.4, 0.5) is 0 Å². The number of nitrogens with one attached hydrogen (secondary N) is 1. The first-order valence-electron chi connectivity index (χ1n) is 9.67. The van der Waals surface area contributed by atoms with E-state index in [1.54, 1.807) is 11.3 Å². The van der Waals surface area contributed by atoms with Crippen LogP contribution in [0.5, 0.6) is 0 Å². The number of pyridine rings is 1. The number of fused-ring (bicyclic) bond motifs is 1. The molecule has 0 radical (unpaired) electrons. The lowest BCUT2D eigenvalue weighted by Crippen LogP contribution is -2.35. The van der Waals surface area contributed by atoms with Crippen molar-refractivity contribution in [3.05, 3.63) is 51.8 Å². The number of hydrogen-bond acceptors (Lipinski definition) is 4.